The summed E-state index contributed by atoms with van der Waals surface area (Å²) in [6.45, 7) is 8.99. The molecule has 0 aliphatic carbocycles. The smallest absolute Gasteiger partial charge is 0.385 e. The van der Waals surface area contributed by atoms with Gasteiger partial charge in [-0.05, 0) is 35.8 Å². The Kier molecular flexibility index (Phi) is 7.04. The molecule has 3 atom stereocenters. The van der Waals surface area contributed by atoms with E-state index in [0.29, 0.717) is 0 Å². The summed E-state index contributed by atoms with van der Waals surface area (Å²) in [7, 11) is 0. The molecule has 3 unspecified atom stereocenters. The van der Waals surface area contributed by atoms with E-state index in [1.54, 1.807) is 32.9 Å². The lowest BCUT2D eigenvalue weighted by Crippen LogP contribution is -2.45. The lowest BCUT2D eigenvalue weighted by Gasteiger charge is -2.33. The van der Waals surface area contributed by atoms with Gasteiger partial charge in [-0.3, -0.25) is 4.79 Å². The zero-order chi connectivity index (χ0) is 20.3. The molecule has 0 bridgehead atoms. The molecule has 1 aromatic rings. The average molecular weight is 374 g/mol. The largest absolute Gasteiger partial charge is 0.421 e. The van der Waals surface area contributed by atoms with E-state index >= 15 is 0 Å². The molecule has 6 heteroatoms. The second kappa shape index (κ2) is 8.09. The molecule has 1 N–H and O–H groups in total. The molecule has 0 spiro atoms. The normalized spacial score (nSPS) is 17.5. The van der Waals surface area contributed by atoms with Crippen LogP contribution < -0.4 is 0 Å². The van der Waals surface area contributed by atoms with Gasteiger partial charge in [-0.1, -0.05) is 58.9 Å². The van der Waals surface area contributed by atoms with E-state index in [2.05, 4.69) is 0 Å². The fourth-order valence-corrected chi connectivity index (χ4v) is 2.47. The van der Waals surface area contributed by atoms with Crippen molar-refractivity contribution in [2.75, 3.05) is 6.61 Å². The van der Waals surface area contributed by atoms with Gasteiger partial charge in [0.05, 0.1) is 0 Å². The number of Topliss-reactive ketones (excluding diaryl/α,β-unsaturated/α-hetero) is 1. The number of benzene rings is 1. The molecule has 0 saturated heterocycles. The Balaban J connectivity index is 3.07. The maximum atomic E-state index is 13.7. The first-order chi connectivity index (χ1) is 11.7. The van der Waals surface area contributed by atoms with Gasteiger partial charge in [0, 0.05) is 0 Å². The van der Waals surface area contributed by atoms with Crippen LogP contribution in [0.5, 0.6) is 0 Å². The number of alkyl halides is 3. The van der Waals surface area contributed by atoms with Crippen LogP contribution in [-0.2, 0) is 15.1 Å². The van der Waals surface area contributed by atoms with E-state index in [9.17, 15) is 23.1 Å². The minimum atomic E-state index is -4.71. The van der Waals surface area contributed by atoms with E-state index in [0.717, 1.165) is 18.9 Å². The number of hydrogen-bond donors (Lipinski definition) is 1. The van der Waals surface area contributed by atoms with E-state index in [4.69, 9.17) is 4.74 Å². The van der Waals surface area contributed by atoms with E-state index in [1.807, 2.05) is 13.8 Å². The van der Waals surface area contributed by atoms with Crippen molar-refractivity contribution in [2.45, 2.75) is 71.8 Å². The highest BCUT2D eigenvalue weighted by Gasteiger charge is 2.54. The van der Waals surface area contributed by atoms with Crippen molar-refractivity contribution < 1.29 is 27.8 Å². The minimum absolute atomic E-state index is 0.0740. The van der Waals surface area contributed by atoms with Crippen LogP contribution in [0.2, 0.25) is 0 Å². The molecule has 0 saturated carbocycles. The molecule has 148 valence electrons. The van der Waals surface area contributed by atoms with Gasteiger partial charge in [0.15, 0.2) is 11.4 Å². The molecule has 0 heterocycles. The lowest BCUT2D eigenvalue weighted by molar-refractivity contribution is -0.276. The van der Waals surface area contributed by atoms with Gasteiger partial charge in [0.25, 0.3) is 0 Å². The number of carbonyl (C=O) groups excluding carboxylic acids is 1. The SMILES string of the molecule is CCC(C)c1ccc(C(C)(OCC(=O)C(O)C(C)(C)C)C(F)(F)F)cc1. The van der Waals surface area contributed by atoms with Crippen LogP contribution in [0.25, 0.3) is 0 Å². The van der Waals surface area contributed by atoms with Crippen molar-refractivity contribution in [1.29, 1.82) is 0 Å². The molecule has 0 aliphatic heterocycles. The van der Waals surface area contributed by atoms with Crippen LogP contribution in [0, 0.1) is 5.41 Å². The third-order valence-electron chi connectivity index (χ3n) is 4.81. The fourth-order valence-electron chi connectivity index (χ4n) is 2.47. The van der Waals surface area contributed by atoms with Gasteiger partial charge in [-0.25, -0.2) is 0 Å². The Morgan fingerprint density at radius 3 is 2.00 bits per heavy atom. The van der Waals surface area contributed by atoms with Crippen LogP contribution in [0.15, 0.2) is 24.3 Å². The molecule has 0 aromatic heterocycles. The highest BCUT2D eigenvalue weighted by molar-refractivity contribution is 5.84. The maximum Gasteiger partial charge on any atom is 0.421 e. The van der Waals surface area contributed by atoms with Gasteiger partial charge < -0.3 is 9.84 Å². The number of rotatable bonds is 7. The Labute approximate surface area is 153 Å². The second-order valence-corrected chi connectivity index (χ2v) is 7.99. The predicted molar refractivity (Wildman–Crippen MR) is 95.0 cm³/mol. The number of carbonyl (C=O) groups is 1. The molecular weight excluding hydrogens is 345 g/mol. The standard InChI is InChI=1S/C20H29F3O3/c1-7-13(2)14-8-10-15(11-9-14)19(6,20(21,22)23)26-12-16(24)17(25)18(3,4)5/h8-11,13,17,25H,7,12H2,1-6H3. The average Bonchev–Trinajstić information content (AvgIpc) is 2.56. The first-order valence-corrected chi connectivity index (χ1v) is 8.76. The van der Waals surface area contributed by atoms with Crippen molar-refractivity contribution in [3.8, 4) is 0 Å². The summed E-state index contributed by atoms with van der Waals surface area (Å²) >= 11 is 0. The van der Waals surface area contributed by atoms with Crippen molar-refractivity contribution >= 4 is 5.78 Å². The first-order valence-electron chi connectivity index (χ1n) is 8.76. The Morgan fingerprint density at radius 2 is 1.62 bits per heavy atom. The van der Waals surface area contributed by atoms with Crippen molar-refractivity contribution in [3.05, 3.63) is 35.4 Å². The van der Waals surface area contributed by atoms with Crippen molar-refractivity contribution in [3.63, 3.8) is 0 Å². The van der Waals surface area contributed by atoms with Gasteiger partial charge >= 0.3 is 6.18 Å². The Bertz CT molecular complexity index is 602. The fraction of sp³-hybridized carbons (Fsp3) is 0.650. The molecule has 0 fully saturated rings. The Morgan fingerprint density at radius 1 is 1.12 bits per heavy atom. The highest BCUT2D eigenvalue weighted by atomic mass is 19.4. The van der Waals surface area contributed by atoms with Gasteiger partial charge in [-0.2, -0.15) is 13.2 Å². The lowest BCUT2D eigenvalue weighted by atomic mass is 9.86. The summed E-state index contributed by atoms with van der Waals surface area (Å²) in [6.07, 6.45) is -5.23. The molecule has 0 amide bonds. The number of aliphatic hydroxyl groups excluding tert-OH is 1. The molecule has 1 rings (SSSR count). The summed E-state index contributed by atoms with van der Waals surface area (Å²) in [5, 5.41) is 9.94. The van der Waals surface area contributed by atoms with Crippen molar-refractivity contribution in [1.82, 2.24) is 0 Å². The molecular formula is C20H29F3O3. The molecule has 0 radical (unpaired) electrons. The first kappa shape index (κ1) is 22.6. The van der Waals surface area contributed by atoms with Crippen LogP contribution >= 0.6 is 0 Å². The van der Waals surface area contributed by atoms with Crippen LogP contribution in [0.4, 0.5) is 13.2 Å². The van der Waals surface area contributed by atoms with Gasteiger partial charge in [-0.15, -0.1) is 0 Å². The highest BCUT2D eigenvalue weighted by Crippen LogP contribution is 2.42. The van der Waals surface area contributed by atoms with E-state index in [1.165, 1.54) is 12.1 Å². The quantitative estimate of drug-likeness (QED) is 0.733. The maximum absolute atomic E-state index is 13.7. The predicted octanol–water partition coefficient (Wildman–Crippen LogP) is 4.97. The minimum Gasteiger partial charge on any atom is -0.385 e. The zero-order valence-corrected chi connectivity index (χ0v) is 16.3. The second-order valence-electron chi connectivity index (χ2n) is 7.99. The third kappa shape index (κ3) is 5.07. The number of hydrogen-bond acceptors (Lipinski definition) is 3. The monoisotopic (exact) mass is 374 g/mol. The molecule has 26 heavy (non-hydrogen) atoms. The molecule has 1 aromatic carbocycles. The topological polar surface area (TPSA) is 46.5 Å². The summed E-state index contributed by atoms with van der Waals surface area (Å²) in [6, 6.07) is 6.09. The summed E-state index contributed by atoms with van der Waals surface area (Å²) < 4.78 is 46.2. The van der Waals surface area contributed by atoms with E-state index in [-0.39, 0.29) is 11.5 Å². The number of ether oxygens (including phenoxy) is 1. The zero-order valence-electron chi connectivity index (χ0n) is 16.3. The number of aliphatic hydroxyl groups is 1. The third-order valence-corrected chi connectivity index (χ3v) is 4.81. The van der Waals surface area contributed by atoms with Crippen LogP contribution in [-0.4, -0.2) is 29.8 Å². The summed E-state index contributed by atoms with van der Waals surface area (Å²) in [4.78, 5) is 12.0. The number of ketones is 1. The van der Waals surface area contributed by atoms with Gasteiger partial charge in [0.1, 0.15) is 12.7 Å². The number of halogens is 3. The van der Waals surface area contributed by atoms with E-state index < -0.39 is 35.7 Å². The van der Waals surface area contributed by atoms with Crippen molar-refractivity contribution in [2.24, 2.45) is 5.41 Å². The summed E-state index contributed by atoms with van der Waals surface area (Å²) in [5.41, 5.74) is -2.53. The molecule has 3 nitrogen and oxygen atoms in total. The Hall–Kier alpha value is -1.40. The van der Waals surface area contributed by atoms with Crippen LogP contribution in [0.3, 0.4) is 0 Å². The summed E-state index contributed by atoms with van der Waals surface area (Å²) in [5.74, 6) is -0.533. The molecule has 0 aliphatic rings. The van der Waals surface area contributed by atoms with Crippen LogP contribution in [0.1, 0.15) is 65.0 Å². The van der Waals surface area contributed by atoms with Gasteiger partial charge in [0.2, 0.25) is 0 Å².